The Morgan fingerprint density at radius 2 is 2.12 bits per heavy atom. The Morgan fingerprint density at radius 1 is 1.38 bits per heavy atom. The van der Waals surface area contributed by atoms with Crippen molar-refractivity contribution in [1.29, 1.82) is 0 Å². The van der Waals surface area contributed by atoms with Crippen LogP contribution in [0.25, 0.3) is 0 Å². The molecule has 1 saturated heterocycles. The van der Waals surface area contributed by atoms with E-state index < -0.39 is 0 Å². The average molecular weight is 239 g/mol. The van der Waals surface area contributed by atoms with Gasteiger partial charge in [0.2, 0.25) is 0 Å². The van der Waals surface area contributed by atoms with E-state index in [4.69, 9.17) is 11.6 Å². The molecule has 1 unspecified atom stereocenters. The van der Waals surface area contributed by atoms with E-state index in [1.165, 1.54) is 25.1 Å². The summed E-state index contributed by atoms with van der Waals surface area (Å²) in [6.45, 7) is 3.56. The van der Waals surface area contributed by atoms with E-state index in [1.807, 2.05) is 19.2 Å². The summed E-state index contributed by atoms with van der Waals surface area (Å²) < 4.78 is 0. The standard InChI is InChI=1S/C13H19ClN2/c1-15-13-7-9-16(10-13)8-6-11-2-4-12(14)5-3-11/h2-5,13,15H,6-10H2,1H3. The van der Waals surface area contributed by atoms with Crippen molar-refractivity contribution in [2.75, 3.05) is 26.7 Å². The van der Waals surface area contributed by atoms with Gasteiger partial charge in [-0.2, -0.15) is 0 Å². The van der Waals surface area contributed by atoms with Gasteiger partial charge in [-0.3, -0.25) is 0 Å². The summed E-state index contributed by atoms with van der Waals surface area (Å²) in [5.74, 6) is 0. The van der Waals surface area contributed by atoms with Gasteiger partial charge in [-0.25, -0.2) is 0 Å². The smallest absolute Gasteiger partial charge is 0.0406 e. The van der Waals surface area contributed by atoms with Crippen LogP contribution in [-0.4, -0.2) is 37.6 Å². The Labute approximate surface area is 103 Å². The van der Waals surface area contributed by atoms with Crippen LogP contribution in [0.2, 0.25) is 5.02 Å². The van der Waals surface area contributed by atoms with Crippen molar-refractivity contribution in [1.82, 2.24) is 10.2 Å². The predicted molar refractivity (Wildman–Crippen MR) is 69.1 cm³/mol. The Bertz CT molecular complexity index is 323. The minimum Gasteiger partial charge on any atom is -0.316 e. The zero-order chi connectivity index (χ0) is 11.4. The lowest BCUT2D eigenvalue weighted by molar-refractivity contribution is 0.334. The van der Waals surface area contributed by atoms with Crippen LogP contribution in [0, 0.1) is 0 Å². The first-order chi connectivity index (χ1) is 7.78. The first kappa shape index (κ1) is 11.9. The number of likely N-dealkylation sites (tertiary alicyclic amines) is 1. The molecule has 3 heteroatoms. The van der Waals surface area contributed by atoms with Gasteiger partial charge in [0.1, 0.15) is 0 Å². The van der Waals surface area contributed by atoms with Crippen molar-refractivity contribution in [2.24, 2.45) is 0 Å². The fraction of sp³-hybridized carbons (Fsp3) is 0.538. The highest BCUT2D eigenvalue weighted by molar-refractivity contribution is 6.30. The number of likely N-dealkylation sites (N-methyl/N-ethyl adjacent to an activating group) is 1. The second-order valence-electron chi connectivity index (χ2n) is 4.45. The minimum atomic E-state index is 0.685. The third kappa shape index (κ3) is 3.21. The van der Waals surface area contributed by atoms with Crippen LogP contribution in [-0.2, 0) is 6.42 Å². The third-order valence-corrected chi connectivity index (χ3v) is 3.56. The first-order valence-corrected chi connectivity index (χ1v) is 6.30. The van der Waals surface area contributed by atoms with Crippen LogP contribution in [0.4, 0.5) is 0 Å². The van der Waals surface area contributed by atoms with Gasteiger partial charge in [0.25, 0.3) is 0 Å². The van der Waals surface area contributed by atoms with E-state index in [1.54, 1.807) is 0 Å². The van der Waals surface area contributed by atoms with E-state index >= 15 is 0 Å². The van der Waals surface area contributed by atoms with Crippen molar-refractivity contribution < 1.29 is 0 Å². The molecule has 1 heterocycles. The van der Waals surface area contributed by atoms with Gasteiger partial charge in [-0.15, -0.1) is 0 Å². The van der Waals surface area contributed by atoms with Crippen molar-refractivity contribution in [3.63, 3.8) is 0 Å². The molecule has 0 radical (unpaired) electrons. The highest BCUT2D eigenvalue weighted by Gasteiger charge is 2.19. The van der Waals surface area contributed by atoms with Gasteiger partial charge in [-0.1, -0.05) is 23.7 Å². The summed E-state index contributed by atoms with van der Waals surface area (Å²) in [5.41, 5.74) is 1.37. The van der Waals surface area contributed by atoms with E-state index in [0.717, 1.165) is 18.0 Å². The van der Waals surface area contributed by atoms with Crippen LogP contribution in [0.15, 0.2) is 24.3 Å². The Hall–Kier alpha value is -0.570. The lowest BCUT2D eigenvalue weighted by Crippen LogP contribution is -2.30. The summed E-state index contributed by atoms with van der Waals surface area (Å²) in [5, 5.41) is 4.16. The van der Waals surface area contributed by atoms with Gasteiger partial charge < -0.3 is 10.2 Å². The third-order valence-electron chi connectivity index (χ3n) is 3.31. The summed E-state index contributed by atoms with van der Waals surface area (Å²) in [7, 11) is 2.05. The van der Waals surface area contributed by atoms with Gasteiger partial charge in [0.15, 0.2) is 0 Å². The Balaban J connectivity index is 1.77. The summed E-state index contributed by atoms with van der Waals surface area (Å²) in [4.78, 5) is 2.52. The molecule has 0 aliphatic carbocycles. The van der Waals surface area contributed by atoms with Gasteiger partial charge in [-0.05, 0) is 44.1 Å². The van der Waals surface area contributed by atoms with E-state index in [0.29, 0.717) is 6.04 Å². The van der Waals surface area contributed by atoms with Crippen LogP contribution in [0.3, 0.4) is 0 Å². The molecule has 16 heavy (non-hydrogen) atoms. The molecule has 1 N–H and O–H groups in total. The Morgan fingerprint density at radius 3 is 2.75 bits per heavy atom. The molecule has 1 aromatic rings. The fourth-order valence-corrected chi connectivity index (χ4v) is 2.34. The second kappa shape index (κ2) is 5.67. The summed E-state index contributed by atoms with van der Waals surface area (Å²) in [6, 6.07) is 8.86. The van der Waals surface area contributed by atoms with Crippen molar-refractivity contribution in [3.8, 4) is 0 Å². The zero-order valence-electron chi connectivity index (χ0n) is 9.75. The van der Waals surface area contributed by atoms with Crippen molar-refractivity contribution >= 4 is 11.6 Å². The predicted octanol–water partition coefficient (Wildman–Crippen LogP) is 2.18. The lowest BCUT2D eigenvalue weighted by Gasteiger charge is -2.15. The summed E-state index contributed by atoms with van der Waals surface area (Å²) >= 11 is 5.86. The maximum absolute atomic E-state index is 5.86. The molecule has 1 fully saturated rings. The monoisotopic (exact) mass is 238 g/mol. The van der Waals surface area contributed by atoms with Crippen molar-refractivity contribution in [2.45, 2.75) is 18.9 Å². The Kier molecular flexibility index (Phi) is 4.22. The van der Waals surface area contributed by atoms with Crippen LogP contribution in [0.5, 0.6) is 0 Å². The SMILES string of the molecule is CNC1CCN(CCc2ccc(Cl)cc2)C1. The normalized spacial score (nSPS) is 21.5. The number of nitrogens with one attached hydrogen (secondary N) is 1. The lowest BCUT2D eigenvalue weighted by atomic mass is 10.1. The molecule has 2 rings (SSSR count). The number of benzene rings is 1. The minimum absolute atomic E-state index is 0.685. The highest BCUT2D eigenvalue weighted by Crippen LogP contribution is 2.12. The number of rotatable bonds is 4. The highest BCUT2D eigenvalue weighted by atomic mass is 35.5. The number of halogens is 1. The molecule has 1 aliphatic rings. The molecule has 2 nitrogen and oxygen atoms in total. The molecule has 1 atom stereocenters. The number of hydrogen-bond acceptors (Lipinski definition) is 2. The van der Waals surface area contributed by atoms with Crippen LogP contribution in [0.1, 0.15) is 12.0 Å². The molecule has 0 saturated carbocycles. The molecule has 88 valence electrons. The van der Waals surface area contributed by atoms with E-state index in [2.05, 4.69) is 22.3 Å². The zero-order valence-corrected chi connectivity index (χ0v) is 10.5. The molecule has 0 bridgehead atoms. The van der Waals surface area contributed by atoms with Gasteiger partial charge in [0, 0.05) is 24.2 Å². The van der Waals surface area contributed by atoms with Crippen LogP contribution >= 0.6 is 11.6 Å². The van der Waals surface area contributed by atoms with Crippen molar-refractivity contribution in [3.05, 3.63) is 34.9 Å². The molecule has 1 aromatic carbocycles. The molecule has 0 spiro atoms. The largest absolute Gasteiger partial charge is 0.316 e. The molecular weight excluding hydrogens is 220 g/mol. The molecule has 0 aromatic heterocycles. The van der Waals surface area contributed by atoms with E-state index in [9.17, 15) is 0 Å². The quantitative estimate of drug-likeness (QED) is 0.865. The van der Waals surface area contributed by atoms with E-state index in [-0.39, 0.29) is 0 Å². The maximum Gasteiger partial charge on any atom is 0.0406 e. The summed E-state index contributed by atoms with van der Waals surface area (Å²) in [6.07, 6.45) is 2.39. The van der Waals surface area contributed by atoms with Gasteiger partial charge in [0.05, 0.1) is 0 Å². The first-order valence-electron chi connectivity index (χ1n) is 5.92. The topological polar surface area (TPSA) is 15.3 Å². The second-order valence-corrected chi connectivity index (χ2v) is 4.89. The molecular formula is C13H19ClN2. The van der Waals surface area contributed by atoms with Gasteiger partial charge >= 0.3 is 0 Å². The van der Waals surface area contributed by atoms with Crippen LogP contribution < -0.4 is 5.32 Å². The molecule has 0 amide bonds. The molecule has 1 aliphatic heterocycles. The number of hydrogen-bond donors (Lipinski definition) is 1. The fourth-order valence-electron chi connectivity index (χ4n) is 2.21. The number of nitrogens with zero attached hydrogens (tertiary/aromatic N) is 1. The average Bonchev–Trinajstić information content (AvgIpc) is 2.76. The maximum atomic E-state index is 5.86.